The molecule has 1 aliphatic carbocycles. The third-order valence-electron chi connectivity index (χ3n) is 7.75. The molecular formula is C28H31N2Si+. The molecular weight excluding hydrogens is 392 g/mol. The van der Waals surface area contributed by atoms with Crippen molar-refractivity contribution in [1.82, 2.24) is 0 Å². The molecule has 0 amide bonds. The van der Waals surface area contributed by atoms with E-state index in [0.717, 1.165) is 0 Å². The highest BCUT2D eigenvalue weighted by Gasteiger charge is 2.41. The van der Waals surface area contributed by atoms with Crippen molar-refractivity contribution in [3.8, 4) is 0 Å². The lowest BCUT2D eigenvalue weighted by Gasteiger charge is -2.40. The van der Waals surface area contributed by atoms with E-state index in [-0.39, 0.29) is 0 Å². The van der Waals surface area contributed by atoms with Gasteiger partial charge in [-0.05, 0) is 69.8 Å². The first-order valence-electron chi connectivity index (χ1n) is 11.8. The Morgan fingerprint density at radius 2 is 1.71 bits per heavy atom. The van der Waals surface area contributed by atoms with Gasteiger partial charge in [-0.2, -0.15) is 0 Å². The molecule has 2 aromatic carbocycles. The lowest BCUT2D eigenvalue weighted by molar-refractivity contribution is -0.582. The molecule has 0 spiro atoms. The van der Waals surface area contributed by atoms with Gasteiger partial charge in [0.05, 0.1) is 6.42 Å². The highest BCUT2D eigenvalue weighted by Crippen LogP contribution is 2.42. The zero-order valence-corrected chi connectivity index (χ0v) is 19.9. The number of fused-ring (bicyclic) bond motifs is 2. The number of benzene rings is 2. The fourth-order valence-corrected chi connectivity index (χ4v) is 8.58. The summed E-state index contributed by atoms with van der Waals surface area (Å²) in [5, 5.41) is 3.20. The molecule has 4 aliphatic rings. The Balaban J connectivity index is 1.63. The normalized spacial score (nSPS) is 21.3. The number of rotatable bonds is 2. The van der Waals surface area contributed by atoms with Crippen LogP contribution < -0.4 is 10.1 Å². The molecule has 2 nitrogen and oxygen atoms in total. The van der Waals surface area contributed by atoms with Gasteiger partial charge >= 0.3 is 0 Å². The molecule has 2 saturated heterocycles. The van der Waals surface area contributed by atoms with Crippen LogP contribution >= 0.6 is 0 Å². The Hall–Kier alpha value is -2.65. The van der Waals surface area contributed by atoms with Crippen molar-refractivity contribution in [2.45, 2.75) is 32.9 Å². The molecule has 3 aliphatic heterocycles. The summed E-state index contributed by atoms with van der Waals surface area (Å²) in [5.74, 6) is 0. The van der Waals surface area contributed by atoms with Gasteiger partial charge in [0, 0.05) is 30.9 Å². The summed E-state index contributed by atoms with van der Waals surface area (Å²) < 4.78 is 2.53. The van der Waals surface area contributed by atoms with Crippen molar-refractivity contribution < 1.29 is 4.58 Å². The average Bonchev–Trinajstić information content (AvgIpc) is 2.68. The molecule has 2 aromatic rings. The fraction of sp³-hybridized carbons (Fsp3) is 0.321. The molecule has 6 rings (SSSR count). The standard InChI is InChI=1S/C28H31N2Si/c1-20-8-4-5-9-23(20)28-24-12-10-21(29-14-6-15-29)18-26(24)31(2,3)27-19-22(11-13-25(27)28)30-16-7-17-30/h4-5,8-13,18-19H,6-7,14-17H2,1-3H3/q+1. The van der Waals surface area contributed by atoms with Crippen LogP contribution in [0, 0.1) is 6.92 Å². The smallest absolute Gasteiger partial charge is 0.199 e. The number of allylic oxidation sites excluding steroid dienone is 5. The van der Waals surface area contributed by atoms with E-state index in [1.807, 2.05) is 0 Å². The molecule has 0 atom stereocenters. The zero-order valence-electron chi connectivity index (χ0n) is 18.9. The lowest BCUT2D eigenvalue weighted by Crippen LogP contribution is -2.50. The topological polar surface area (TPSA) is 6.25 Å². The van der Waals surface area contributed by atoms with Gasteiger partial charge in [-0.3, -0.25) is 0 Å². The summed E-state index contributed by atoms with van der Waals surface area (Å²) >= 11 is 0. The number of hydrogen-bond acceptors (Lipinski definition) is 1. The van der Waals surface area contributed by atoms with E-state index >= 15 is 0 Å². The van der Waals surface area contributed by atoms with Crippen molar-refractivity contribution in [2.75, 3.05) is 31.1 Å². The van der Waals surface area contributed by atoms with Crippen LogP contribution in [0.4, 0.5) is 5.69 Å². The van der Waals surface area contributed by atoms with E-state index < -0.39 is 8.07 Å². The molecule has 0 radical (unpaired) electrons. The first kappa shape index (κ1) is 19.1. The molecule has 2 fully saturated rings. The molecule has 3 heterocycles. The zero-order chi connectivity index (χ0) is 21.2. The van der Waals surface area contributed by atoms with Gasteiger partial charge in [0.1, 0.15) is 21.2 Å². The second-order valence-corrected chi connectivity index (χ2v) is 14.3. The van der Waals surface area contributed by atoms with Crippen LogP contribution in [0.1, 0.15) is 29.5 Å². The fourth-order valence-electron chi connectivity index (χ4n) is 5.51. The van der Waals surface area contributed by atoms with Crippen LogP contribution in [0.15, 0.2) is 71.5 Å². The van der Waals surface area contributed by atoms with E-state index in [2.05, 4.69) is 90.2 Å². The highest BCUT2D eigenvalue weighted by atomic mass is 28.3. The Bertz CT molecular complexity index is 1220. The minimum atomic E-state index is -1.83. The summed E-state index contributed by atoms with van der Waals surface area (Å²) in [5.41, 5.74) is 9.91. The van der Waals surface area contributed by atoms with E-state index in [4.69, 9.17) is 0 Å². The minimum Gasteiger partial charge on any atom is -0.371 e. The Kier molecular flexibility index (Phi) is 4.26. The van der Waals surface area contributed by atoms with Crippen LogP contribution in [-0.2, 0) is 0 Å². The highest BCUT2D eigenvalue weighted by molar-refractivity contribution is 6.98. The van der Waals surface area contributed by atoms with E-state index in [1.165, 1.54) is 78.3 Å². The van der Waals surface area contributed by atoms with E-state index in [0.29, 0.717) is 0 Å². The maximum Gasteiger partial charge on any atom is 0.199 e. The second-order valence-electron chi connectivity index (χ2n) is 9.96. The maximum absolute atomic E-state index is 2.55. The Morgan fingerprint density at radius 3 is 2.39 bits per heavy atom. The minimum absolute atomic E-state index is 1.20. The molecule has 0 bridgehead atoms. The maximum atomic E-state index is 2.55. The number of nitrogens with zero attached hydrogens (tertiary/aromatic N) is 2. The predicted octanol–water partition coefficient (Wildman–Crippen LogP) is 4.83. The van der Waals surface area contributed by atoms with Crippen LogP contribution in [0.2, 0.25) is 13.1 Å². The molecule has 0 aromatic heterocycles. The molecule has 156 valence electrons. The van der Waals surface area contributed by atoms with Gasteiger partial charge in [-0.25, -0.2) is 4.58 Å². The van der Waals surface area contributed by atoms with Crippen molar-refractivity contribution in [3.63, 3.8) is 0 Å². The third kappa shape index (κ3) is 2.86. The summed E-state index contributed by atoms with van der Waals surface area (Å²) in [6.07, 6.45) is 9.96. The van der Waals surface area contributed by atoms with E-state index in [1.54, 1.807) is 10.4 Å². The number of hydrogen-bond donors (Lipinski definition) is 0. The summed E-state index contributed by atoms with van der Waals surface area (Å²) in [6, 6.07) is 16.2. The van der Waals surface area contributed by atoms with Crippen LogP contribution in [0.25, 0.3) is 5.57 Å². The summed E-state index contributed by atoms with van der Waals surface area (Å²) in [7, 11) is -1.83. The summed E-state index contributed by atoms with van der Waals surface area (Å²) in [6.45, 7) is 12.2. The predicted molar refractivity (Wildman–Crippen MR) is 134 cm³/mol. The molecule has 0 N–H and O–H groups in total. The van der Waals surface area contributed by atoms with Crippen molar-refractivity contribution in [1.29, 1.82) is 0 Å². The van der Waals surface area contributed by atoms with Crippen LogP contribution in [-0.4, -0.2) is 44.5 Å². The largest absolute Gasteiger partial charge is 0.371 e. The van der Waals surface area contributed by atoms with Crippen LogP contribution in [0.5, 0.6) is 0 Å². The number of anilines is 1. The SMILES string of the molecule is Cc1ccccc1C1=C2C=CC(=[N+]3CCC3)C=C2[Si](C)(C)c2cc(N3CCC3)ccc21. The Morgan fingerprint density at radius 1 is 0.903 bits per heavy atom. The van der Waals surface area contributed by atoms with Gasteiger partial charge in [-0.15, -0.1) is 0 Å². The molecule has 0 saturated carbocycles. The van der Waals surface area contributed by atoms with Crippen molar-refractivity contribution in [2.24, 2.45) is 0 Å². The van der Waals surface area contributed by atoms with Gasteiger partial charge < -0.3 is 4.90 Å². The van der Waals surface area contributed by atoms with Crippen LogP contribution in [0.3, 0.4) is 0 Å². The lowest BCUT2D eigenvalue weighted by atomic mass is 9.87. The monoisotopic (exact) mass is 423 g/mol. The first-order valence-corrected chi connectivity index (χ1v) is 14.8. The second kappa shape index (κ2) is 6.93. The van der Waals surface area contributed by atoms with Gasteiger partial charge in [0.15, 0.2) is 5.71 Å². The molecule has 31 heavy (non-hydrogen) atoms. The number of aryl methyl sites for hydroxylation is 1. The average molecular weight is 424 g/mol. The molecule has 3 heteroatoms. The van der Waals surface area contributed by atoms with Gasteiger partial charge in [0.25, 0.3) is 0 Å². The van der Waals surface area contributed by atoms with Gasteiger partial charge in [0.2, 0.25) is 0 Å². The summed E-state index contributed by atoms with van der Waals surface area (Å²) in [4.78, 5) is 2.53. The Labute approximate surface area is 186 Å². The third-order valence-corrected chi connectivity index (χ3v) is 11.3. The van der Waals surface area contributed by atoms with Crippen molar-refractivity contribution >= 4 is 30.2 Å². The van der Waals surface area contributed by atoms with Gasteiger partial charge in [-0.1, -0.05) is 43.4 Å². The van der Waals surface area contributed by atoms with Crippen molar-refractivity contribution in [3.05, 3.63) is 88.2 Å². The molecule has 0 unspecified atom stereocenters. The first-order chi connectivity index (χ1) is 15.0. The van der Waals surface area contributed by atoms with E-state index in [9.17, 15) is 0 Å². The quantitative estimate of drug-likeness (QED) is 0.495.